The fourth-order valence-corrected chi connectivity index (χ4v) is 2.96. The molecular formula is C15H20N2. The van der Waals surface area contributed by atoms with Crippen molar-refractivity contribution >= 4 is 10.9 Å². The van der Waals surface area contributed by atoms with Gasteiger partial charge in [0.05, 0.1) is 0 Å². The van der Waals surface area contributed by atoms with Crippen LogP contribution in [0.25, 0.3) is 10.9 Å². The van der Waals surface area contributed by atoms with E-state index in [9.17, 15) is 0 Å². The van der Waals surface area contributed by atoms with Crippen molar-refractivity contribution in [3.63, 3.8) is 0 Å². The normalized spacial score (nSPS) is 19.5. The lowest BCUT2D eigenvalue weighted by Gasteiger charge is -2.20. The molecule has 3 rings (SSSR count). The number of aryl methyl sites for hydroxylation is 2. The lowest BCUT2D eigenvalue weighted by Crippen LogP contribution is -2.21. The van der Waals surface area contributed by atoms with Crippen molar-refractivity contribution in [1.82, 2.24) is 4.98 Å². The number of aromatic nitrogens is 1. The van der Waals surface area contributed by atoms with Crippen molar-refractivity contribution in [3.05, 3.63) is 35.0 Å². The molecule has 1 atom stereocenters. The molecule has 90 valence electrons. The van der Waals surface area contributed by atoms with Gasteiger partial charge >= 0.3 is 0 Å². The summed E-state index contributed by atoms with van der Waals surface area (Å²) in [7, 11) is 0. The number of fused-ring (bicyclic) bond motifs is 3. The monoisotopic (exact) mass is 228 g/mol. The number of H-pyrrole nitrogens is 1. The van der Waals surface area contributed by atoms with Gasteiger partial charge in [-0.05, 0) is 61.4 Å². The van der Waals surface area contributed by atoms with Gasteiger partial charge in [-0.1, -0.05) is 13.0 Å². The summed E-state index contributed by atoms with van der Waals surface area (Å²) in [5.74, 6) is 0.673. The molecule has 0 bridgehead atoms. The van der Waals surface area contributed by atoms with Gasteiger partial charge in [-0.3, -0.25) is 0 Å². The molecule has 1 aliphatic carbocycles. The van der Waals surface area contributed by atoms with Crippen LogP contribution in [-0.2, 0) is 19.3 Å². The van der Waals surface area contributed by atoms with Gasteiger partial charge in [0.25, 0.3) is 0 Å². The van der Waals surface area contributed by atoms with Crippen molar-refractivity contribution in [2.24, 2.45) is 11.7 Å². The smallest absolute Gasteiger partial charge is 0.0459 e. The zero-order valence-electron chi connectivity index (χ0n) is 10.4. The van der Waals surface area contributed by atoms with Gasteiger partial charge in [-0.15, -0.1) is 0 Å². The molecule has 17 heavy (non-hydrogen) atoms. The van der Waals surface area contributed by atoms with Gasteiger partial charge in [-0.2, -0.15) is 0 Å². The highest BCUT2D eigenvalue weighted by atomic mass is 14.7. The van der Waals surface area contributed by atoms with Gasteiger partial charge in [0.15, 0.2) is 0 Å². The van der Waals surface area contributed by atoms with Crippen LogP contribution in [-0.4, -0.2) is 11.5 Å². The maximum atomic E-state index is 5.82. The standard InChI is InChI=1S/C15H20N2/c1-2-10-3-5-14-12(7-10)13-8-11(9-16)4-6-15(13)17-14/h3,5,7,11,17H,2,4,6,8-9,16H2,1H3. The van der Waals surface area contributed by atoms with E-state index in [1.807, 2.05) is 0 Å². The number of nitrogens with two attached hydrogens (primary N) is 1. The molecule has 1 aromatic heterocycles. The van der Waals surface area contributed by atoms with E-state index in [0.717, 1.165) is 25.8 Å². The average Bonchev–Trinajstić information content (AvgIpc) is 2.75. The zero-order chi connectivity index (χ0) is 11.8. The summed E-state index contributed by atoms with van der Waals surface area (Å²) < 4.78 is 0. The maximum Gasteiger partial charge on any atom is 0.0459 e. The van der Waals surface area contributed by atoms with Gasteiger partial charge in [-0.25, -0.2) is 0 Å². The summed E-state index contributed by atoms with van der Waals surface area (Å²) in [5, 5.41) is 1.43. The topological polar surface area (TPSA) is 41.8 Å². The summed E-state index contributed by atoms with van der Waals surface area (Å²) in [6.45, 7) is 3.03. The van der Waals surface area contributed by atoms with Crippen LogP contribution in [0.1, 0.15) is 30.2 Å². The van der Waals surface area contributed by atoms with E-state index in [1.165, 1.54) is 34.1 Å². The Labute approximate surface area is 102 Å². The summed E-state index contributed by atoms with van der Waals surface area (Å²) in [6.07, 6.45) is 4.65. The third-order valence-corrected chi connectivity index (χ3v) is 4.10. The van der Waals surface area contributed by atoms with Crippen LogP contribution in [0.3, 0.4) is 0 Å². The minimum absolute atomic E-state index is 0.673. The van der Waals surface area contributed by atoms with Crippen molar-refractivity contribution in [1.29, 1.82) is 0 Å². The highest BCUT2D eigenvalue weighted by Crippen LogP contribution is 2.31. The third-order valence-electron chi connectivity index (χ3n) is 4.10. The van der Waals surface area contributed by atoms with Gasteiger partial charge < -0.3 is 10.7 Å². The van der Waals surface area contributed by atoms with Crippen LogP contribution < -0.4 is 5.73 Å². The molecule has 2 heteroatoms. The quantitative estimate of drug-likeness (QED) is 0.815. The highest BCUT2D eigenvalue weighted by molar-refractivity contribution is 5.85. The first-order valence-electron chi connectivity index (χ1n) is 6.64. The summed E-state index contributed by atoms with van der Waals surface area (Å²) in [6, 6.07) is 6.80. The lowest BCUT2D eigenvalue weighted by molar-refractivity contribution is 0.468. The molecule has 2 aromatic rings. The zero-order valence-corrected chi connectivity index (χ0v) is 10.4. The number of rotatable bonds is 2. The van der Waals surface area contributed by atoms with E-state index in [4.69, 9.17) is 5.73 Å². The second-order valence-corrected chi connectivity index (χ2v) is 5.16. The lowest BCUT2D eigenvalue weighted by atomic mass is 9.86. The van der Waals surface area contributed by atoms with Gasteiger partial charge in [0, 0.05) is 16.6 Å². The van der Waals surface area contributed by atoms with Crippen LogP contribution in [0.2, 0.25) is 0 Å². The Kier molecular flexibility index (Phi) is 2.67. The summed E-state index contributed by atoms with van der Waals surface area (Å²) in [4.78, 5) is 3.57. The Balaban J connectivity index is 2.12. The first-order chi connectivity index (χ1) is 8.31. The SMILES string of the molecule is CCc1ccc2[nH]c3c(c2c1)CC(CN)CC3. The predicted octanol–water partition coefficient (Wildman–Crippen LogP) is 2.79. The molecule has 0 spiro atoms. The number of hydrogen-bond donors (Lipinski definition) is 2. The molecule has 3 N–H and O–H groups in total. The van der Waals surface area contributed by atoms with Crippen LogP contribution in [0.5, 0.6) is 0 Å². The summed E-state index contributed by atoms with van der Waals surface area (Å²) >= 11 is 0. The molecule has 0 saturated heterocycles. The molecule has 1 aliphatic rings. The van der Waals surface area contributed by atoms with Gasteiger partial charge in [0.1, 0.15) is 0 Å². The van der Waals surface area contributed by atoms with Gasteiger partial charge in [0.2, 0.25) is 0 Å². The predicted molar refractivity (Wildman–Crippen MR) is 72.2 cm³/mol. The molecule has 0 saturated carbocycles. The Hall–Kier alpha value is -1.28. The van der Waals surface area contributed by atoms with E-state index >= 15 is 0 Å². The van der Waals surface area contributed by atoms with Crippen molar-refractivity contribution in [2.75, 3.05) is 6.54 Å². The first kappa shape index (κ1) is 10.8. The van der Waals surface area contributed by atoms with Crippen molar-refractivity contribution in [3.8, 4) is 0 Å². The molecular weight excluding hydrogens is 208 g/mol. The van der Waals surface area contributed by atoms with Crippen LogP contribution in [0.15, 0.2) is 18.2 Å². The van der Waals surface area contributed by atoms with Crippen LogP contribution >= 0.6 is 0 Å². The molecule has 1 heterocycles. The number of benzene rings is 1. The molecule has 0 fully saturated rings. The fraction of sp³-hybridized carbons (Fsp3) is 0.467. The van der Waals surface area contributed by atoms with Crippen LogP contribution in [0, 0.1) is 5.92 Å². The highest BCUT2D eigenvalue weighted by Gasteiger charge is 2.21. The third kappa shape index (κ3) is 1.77. The van der Waals surface area contributed by atoms with E-state index in [-0.39, 0.29) is 0 Å². The average molecular weight is 228 g/mol. The van der Waals surface area contributed by atoms with E-state index in [1.54, 1.807) is 0 Å². The Bertz CT molecular complexity index is 539. The summed E-state index contributed by atoms with van der Waals surface area (Å²) in [5.41, 5.74) is 11.5. The van der Waals surface area contributed by atoms with E-state index in [2.05, 4.69) is 30.1 Å². The number of aromatic amines is 1. The van der Waals surface area contributed by atoms with Crippen molar-refractivity contribution < 1.29 is 0 Å². The number of hydrogen-bond acceptors (Lipinski definition) is 1. The molecule has 0 amide bonds. The minimum atomic E-state index is 0.673. The second kappa shape index (κ2) is 4.19. The Morgan fingerprint density at radius 2 is 2.29 bits per heavy atom. The van der Waals surface area contributed by atoms with Crippen LogP contribution in [0.4, 0.5) is 0 Å². The molecule has 2 nitrogen and oxygen atoms in total. The Morgan fingerprint density at radius 3 is 3.06 bits per heavy atom. The minimum Gasteiger partial charge on any atom is -0.358 e. The number of nitrogens with one attached hydrogen (secondary N) is 1. The molecule has 0 aliphatic heterocycles. The Morgan fingerprint density at radius 1 is 1.41 bits per heavy atom. The van der Waals surface area contributed by atoms with E-state index in [0.29, 0.717) is 5.92 Å². The van der Waals surface area contributed by atoms with E-state index < -0.39 is 0 Å². The maximum absolute atomic E-state index is 5.82. The second-order valence-electron chi connectivity index (χ2n) is 5.16. The van der Waals surface area contributed by atoms with Crippen molar-refractivity contribution in [2.45, 2.75) is 32.6 Å². The largest absolute Gasteiger partial charge is 0.358 e. The first-order valence-corrected chi connectivity index (χ1v) is 6.64. The molecule has 1 unspecified atom stereocenters. The fourth-order valence-electron chi connectivity index (χ4n) is 2.96. The molecule has 1 aromatic carbocycles. The molecule has 0 radical (unpaired) electrons.